The Labute approximate surface area is 467 Å². The van der Waals surface area contributed by atoms with Crippen LogP contribution in [0.25, 0.3) is 10.4 Å². The highest BCUT2D eigenvalue weighted by atomic mass is 127. The summed E-state index contributed by atoms with van der Waals surface area (Å²) in [7, 11) is 4.48. The standard InChI is InChI=1S/C58H81IN4O14/c1-33-16-12-11-13-17-34(2)48(72-8)31-42-22-19-39(7)58(71,77-42)54(67)55(68)63-25-15-14-18-45(63)57(70)76-49(32-46(64)35(3)27-38(6)52(66)53(74-10)51(65)37(5)26-33)36(4)28-40-20-24-47(50(29-40)73-9)75-56(69)41-21-23-44(61-62-60)43(59)30-41/h11-13,16-17,21,23,27,30,33,35-37,39-40,42,45,47-50,52-53,66,71H,14-15,18-20,22,24-26,28-29,31-32H2,1-10H3/b13-11+,16-12-,34-17+,38-27+/t33-,35-,36-,37-,39-,40-,42+,45+,47-,48+,49+,50-,52-,53+,58-/m1/s1. The van der Waals surface area contributed by atoms with Crippen LogP contribution < -0.4 is 0 Å². The number of allylic oxidation sites excluding steroid dienone is 6. The van der Waals surface area contributed by atoms with E-state index in [1.54, 1.807) is 60.1 Å². The maximum atomic E-state index is 14.6. The first-order valence-electron chi connectivity index (χ1n) is 27.1. The van der Waals surface area contributed by atoms with Crippen LogP contribution in [0.2, 0.25) is 0 Å². The minimum atomic E-state index is -2.47. The molecule has 15 atom stereocenters. The fraction of sp³-hybridized carbons (Fsp3) is 0.655. The van der Waals surface area contributed by atoms with Crippen molar-refractivity contribution in [3.63, 3.8) is 0 Å². The Bertz CT molecular complexity index is 2440. The number of hydrogen-bond donors (Lipinski definition) is 2. The van der Waals surface area contributed by atoms with Gasteiger partial charge in [-0.3, -0.25) is 19.2 Å². The first-order chi connectivity index (χ1) is 36.6. The second-order valence-corrected chi connectivity index (χ2v) is 23.0. The van der Waals surface area contributed by atoms with Gasteiger partial charge in [-0.2, -0.15) is 0 Å². The van der Waals surface area contributed by atoms with Gasteiger partial charge < -0.3 is 43.5 Å². The Kier molecular flexibility index (Phi) is 24.3. The van der Waals surface area contributed by atoms with E-state index in [9.17, 15) is 39.0 Å². The first kappa shape index (κ1) is 63.2. The van der Waals surface area contributed by atoms with Crippen molar-refractivity contribution in [1.82, 2.24) is 4.90 Å². The van der Waals surface area contributed by atoms with Crippen LogP contribution in [0, 0.1) is 39.1 Å². The van der Waals surface area contributed by atoms with Crippen molar-refractivity contribution in [2.24, 2.45) is 40.6 Å². The number of Topliss-reactive ketones (excluding diaryl/α,β-unsaturated/α-hetero) is 3. The molecule has 2 saturated heterocycles. The van der Waals surface area contributed by atoms with Crippen molar-refractivity contribution in [3.05, 3.63) is 85.4 Å². The number of methoxy groups -OCH3 is 3. The molecule has 4 aliphatic rings. The molecule has 3 aliphatic heterocycles. The fourth-order valence-electron chi connectivity index (χ4n) is 11.2. The van der Waals surface area contributed by atoms with Crippen molar-refractivity contribution in [2.45, 2.75) is 180 Å². The number of ketones is 3. The van der Waals surface area contributed by atoms with E-state index < -0.39 is 102 Å². The third-order valence-corrected chi connectivity index (χ3v) is 16.9. The Hall–Kier alpha value is -4.60. The summed E-state index contributed by atoms with van der Waals surface area (Å²) in [4.78, 5) is 88.9. The van der Waals surface area contributed by atoms with Crippen LogP contribution in [0.1, 0.15) is 136 Å². The smallest absolute Gasteiger partial charge is 0.338 e. The molecule has 5 rings (SSSR count). The zero-order valence-electron chi connectivity index (χ0n) is 46.4. The number of cyclic esters (lactones) is 1. The van der Waals surface area contributed by atoms with E-state index in [1.807, 2.05) is 73.7 Å². The molecule has 2 bridgehead atoms. The van der Waals surface area contributed by atoms with Crippen molar-refractivity contribution >= 4 is 63.5 Å². The summed E-state index contributed by atoms with van der Waals surface area (Å²) in [6.45, 7) is 12.6. The van der Waals surface area contributed by atoms with Gasteiger partial charge >= 0.3 is 11.9 Å². The number of aliphatic hydroxyl groups is 2. The SMILES string of the molecule is CO[C@H]1C[C@@H]2CC[C@@H](C)[C@@](O)(O2)C(=O)C(=O)N2CCCC[C@H]2C(=O)O[C@H]([C@H](C)C[C@H]2CC[C@@H](OC(=O)c3ccc(N=[N+]=[N-])c(I)c3)[C@H](OC)C2)CC(=O)[C@H](C)/C=C(\C)[C@@H](O)[C@@H](OC)C(=O)[C@H](C)C[C@H](C)\C=C/C=C/C=C/1C. The van der Waals surface area contributed by atoms with Gasteiger partial charge in [0.25, 0.3) is 11.7 Å². The number of carbonyl (C=O) groups is 6. The van der Waals surface area contributed by atoms with Crippen LogP contribution >= 0.6 is 22.6 Å². The minimum absolute atomic E-state index is 0.00633. The van der Waals surface area contributed by atoms with E-state index >= 15 is 0 Å². The number of amides is 1. The predicted molar refractivity (Wildman–Crippen MR) is 296 cm³/mol. The van der Waals surface area contributed by atoms with Gasteiger partial charge in [-0.1, -0.05) is 82.3 Å². The Morgan fingerprint density at radius 3 is 2.34 bits per heavy atom. The lowest BCUT2D eigenvalue weighted by Crippen LogP contribution is -2.61. The number of benzene rings is 1. The molecule has 18 nitrogen and oxygen atoms in total. The van der Waals surface area contributed by atoms with Gasteiger partial charge in [0.15, 0.2) is 5.78 Å². The van der Waals surface area contributed by atoms with Gasteiger partial charge in [-0.15, -0.1) is 0 Å². The summed E-state index contributed by atoms with van der Waals surface area (Å²) in [5.41, 5.74) is 10.8. The number of rotatable bonds is 9. The van der Waals surface area contributed by atoms with Crippen LogP contribution in [-0.2, 0) is 52.4 Å². The molecule has 2 N–H and O–H groups in total. The van der Waals surface area contributed by atoms with E-state index in [0.29, 0.717) is 84.6 Å². The normalized spacial score (nSPS) is 35.7. The predicted octanol–water partition coefficient (Wildman–Crippen LogP) is 9.59. The van der Waals surface area contributed by atoms with Crippen molar-refractivity contribution < 1.29 is 67.4 Å². The first-order valence-corrected chi connectivity index (χ1v) is 28.2. The summed E-state index contributed by atoms with van der Waals surface area (Å²) in [5.74, 6) is -9.09. The molecule has 0 radical (unpaired) electrons. The molecule has 1 aromatic carbocycles. The molecular formula is C58H81IN4O14. The van der Waals surface area contributed by atoms with Crippen LogP contribution in [0.4, 0.5) is 5.69 Å². The van der Waals surface area contributed by atoms with Crippen LogP contribution in [0.5, 0.6) is 0 Å². The maximum absolute atomic E-state index is 14.6. The van der Waals surface area contributed by atoms with Gasteiger partial charge in [-0.05, 0) is 147 Å². The summed E-state index contributed by atoms with van der Waals surface area (Å²) in [5, 5.41) is 27.2. The van der Waals surface area contributed by atoms with Crippen molar-refractivity contribution in [3.8, 4) is 0 Å². The number of carbonyl (C=O) groups excluding carboxylic acids is 6. The number of hydrogen-bond acceptors (Lipinski definition) is 15. The molecule has 424 valence electrons. The number of halogens is 1. The number of aliphatic hydroxyl groups excluding tert-OH is 1. The molecule has 3 fully saturated rings. The lowest BCUT2D eigenvalue weighted by molar-refractivity contribution is -0.265. The number of azide groups is 1. The molecule has 1 amide bonds. The zero-order valence-corrected chi connectivity index (χ0v) is 48.6. The highest BCUT2D eigenvalue weighted by Crippen LogP contribution is 2.38. The van der Waals surface area contributed by atoms with Crippen LogP contribution in [0.3, 0.4) is 0 Å². The fourth-order valence-corrected chi connectivity index (χ4v) is 11.8. The van der Waals surface area contributed by atoms with E-state index in [1.165, 1.54) is 18.1 Å². The molecule has 77 heavy (non-hydrogen) atoms. The third-order valence-electron chi connectivity index (χ3n) is 16.0. The van der Waals surface area contributed by atoms with Gasteiger partial charge in [0.05, 0.1) is 29.6 Å². The average Bonchev–Trinajstić information content (AvgIpc) is 3.41. The molecule has 3 heterocycles. The number of nitrogens with zero attached hydrogens (tertiary/aromatic N) is 4. The summed E-state index contributed by atoms with van der Waals surface area (Å²) < 4.78 is 36.4. The molecule has 0 unspecified atom stereocenters. The molecular weight excluding hydrogens is 1100 g/mol. The number of esters is 2. The van der Waals surface area contributed by atoms with E-state index in [4.69, 9.17) is 34.0 Å². The lowest BCUT2D eigenvalue weighted by atomic mass is 9.78. The van der Waals surface area contributed by atoms with E-state index in [2.05, 4.69) is 10.0 Å². The summed E-state index contributed by atoms with van der Waals surface area (Å²) in [6.07, 6.45) is 10.1. The molecule has 19 heteroatoms. The maximum Gasteiger partial charge on any atom is 0.338 e. The van der Waals surface area contributed by atoms with E-state index in [-0.39, 0.29) is 42.8 Å². The van der Waals surface area contributed by atoms with Crippen molar-refractivity contribution in [2.75, 3.05) is 27.9 Å². The third kappa shape index (κ3) is 16.7. The second kappa shape index (κ2) is 29.6. The lowest BCUT2D eigenvalue weighted by Gasteiger charge is -2.42. The quantitative estimate of drug-likeness (QED) is 0.0444. The molecule has 0 aromatic heterocycles. The zero-order chi connectivity index (χ0) is 56.7. The molecule has 1 aliphatic carbocycles. The van der Waals surface area contributed by atoms with Crippen LogP contribution in [0.15, 0.2) is 70.9 Å². The Morgan fingerprint density at radius 2 is 1.66 bits per heavy atom. The second-order valence-electron chi connectivity index (χ2n) is 21.8. The van der Waals surface area contributed by atoms with Gasteiger partial charge in [0, 0.05) is 67.0 Å². The average molecular weight is 1190 g/mol. The Balaban J connectivity index is 1.44. The highest BCUT2D eigenvalue weighted by Gasteiger charge is 2.53. The Morgan fingerprint density at radius 1 is 0.922 bits per heavy atom. The highest BCUT2D eigenvalue weighted by molar-refractivity contribution is 14.1. The van der Waals surface area contributed by atoms with Crippen LogP contribution in [-0.4, -0.2) is 133 Å². The number of fused-ring (bicyclic) bond motifs is 3. The monoisotopic (exact) mass is 1180 g/mol. The topological polar surface area (TPSA) is 250 Å². The van der Waals surface area contributed by atoms with Gasteiger partial charge in [0.1, 0.15) is 36.2 Å². The molecule has 1 saturated carbocycles. The van der Waals surface area contributed by atoms with Gasteiger partial charge in [0.2, 0.25) is 5.79 Å². The number of ether oxygens (including phenoxy) is 6. The molecule has 1 aromatic rings. The van der Waals surface area contributed by atoms with Crippen molar-refractivity contribution in [1.29, 1.82) is 0 Å². The summed E-state index contributed by atoms with van der Waals surface area (Å²) in [6, 6.07) is 3.48. The van der Waals surface area contributed by atoms with E-state index in [0.717, 1.165) is 5.57 Å². The summed E-state index contributed by atoms with van der Waals surface area (Å²) >= 11 is 1.99. The van der Waals surface area contributed by atoms with Gasteiger partial charge in [-0.25, -0.2) is 9.59 Å². The number of piperidine rings is 1. The largest absolute Gasteiger partial charge is 0.460 e. The molecule has 0 spiro atoms. The minimum Gasteiger partial charge on any atom is -0.460 e.